The lowest BCUT2D eigenvalue weighted by molar-refractivity contribution is -0.137. The van der Waals surface area contributed by atoms with Crippen molar-refractivity contribution in [2.45, 2.75) is 19.3 Å². The van der Waals surface area contributed by atoms with E-state index < -0.39 is 5.97 Å². The minimum Gasteiger partial charge on any atom is -0.481 e. The summed E-state index contributed by atoms with van der Waals surface area (Å²) >= 11 is 17.7. The Morgan fingerprint density at radius 2 is 1.91 bits per heavy atom. The third-order valence-corrected chi connectivity index (χ3v) is 5.88. The standard InChI is InChI=1S/C25H23Cl2N3O2S/c1-30(25(33)29-23-13-10-19(26)15-22(23)27)20-11-8-17(9-12-20)21(6-2-3-7-24(31)32)18-5-4-14-28-16-18/h4-6,8-16H,2-3,7H2,1H3,(H,29,33)(H,31,32). The monoisotopic (exact) mass is 499 g/mol. The number of pyridine rings is 1. The molecule has 0 amide bonds. The van der Waals surface area contributed by atoms with E-state index in [1.165, 1.54) is 0 Å². The number of thiocarbonyl (C=S) groups is 1. The van der Waals surface area contributed by atoms with Crippen molar-refractivity contribution in [3.63, 3.8) is 0 Å². The van der Waals surface area contributed by atoms with Crippen LogP contribution in [0, 0.1) is 0 Å². The second-order valence-corrected chi connectivity index (χ2v) is 8.54. The van der Waals surface area contributed by atoms with Gasteiger partial charge in [0.2, 0.25) is 0 Å². The van der Waals surface area contributed by atoms with Gasteiger partial charge in [-0.25, -0.2) is 0 Å². The normalized spacial score (nSPS) is 11.2. The highest BCUT2D eigenvalue weighted by Crippen LogP contribution is 2.28. The maximum absolute atomic E-state index is 10.8. The smallest absolute Gasteiger partial charge is 0.303 e. The predicted molar refractivity (Wildman–Crippen MR) is 140 cm³/mol. The summed E-state index contributed by atoms with van der Waals surface area (Å²) in [4.78, 5) is 16.9. The van der Waals surface area contributed by atoms with E-state index in [4.69, 9.17) is 40.5 Å². The van der Waals surface area contributed by atoms with Gasteiger partial charge in [0, 0.05) is 42.1 Å². The lowest BCUT2D eigenvalue weighted by Crippen LogP contribution is -2.30. The molecule has 8 heteroatoms. The Balaban J connectivity index is 1.77. The van der Waals surface area contributed by atoms with Crippen LogP contribution in [0.3, 0.4) is 0 Å². The van der Waals surface area contributed by atoms with E-state index in [2.05, 4.69) is 16.4 Å². The molecule has 2 N–H and O–H groups in total. The fourth-order valence-corrected chi connectivity index (χ4v) is 3.87. The summed E-state index contributed by atoms with van der Waals surface area (Å²) in [7, 11) is 1.87. The summed E-state index contributed by atoms with van der Waals surface area (Å²) in [6.07, 6.45) is 6.97. The average molecular weight is 500 g/mol. The number of hydrogen-bond acceptors (Lipinski definition) is 3. The van der Waals surface area contributed by atoms with E-state index in [9.17, 15) is 4.79 Å². The van der Waals surface area contributed by atoms with Crippen LogP contribution in [0.4, 0.5) is 11.4 Å². The van der Waals surface area contributed by atoms with E-state index in [1.807, 2.05) is 48.3 Å². The summed E-state index contributed by atoms with van der Waals surface area (Å²) < 4.78 is 0. The SMILES string of the molecule is CN(C(=S)Nc1ccc(Cl)cc1Cl)c1ccc(C(=CCCCC(=O)O)c2cccnc2)cc1. The maximum atomic E-state index is 10.8. The molecule has 2 aromatic carbocycles. The number of carboxylic acid groups (broad SMARTS) is 1. The van der Waals surface area contributed by atoms with Crippen molar-refractivity contribution in [1.29, 1.82) is 0 Å². The predicted octanol–water partition coefficient (Wildman–Crippen LogP) is 6.91. The molecular formula is C25H23Cl2N3O2S. The van der Waals surface area contributed by atoms with Crippen LogP contribution in [0.25, 0.3) is 5.57 Å². The average Bonchev–Trinajstić information content (AvgIpc) is 2.81. The number of unbranched alkanes of at least 4 members (excludes halogenated alkanes) is 1. The van der Waals surface area contributed by atoms with Crippen LogP contribution in [-0.2, 0) is 4.79 Å². The maximum Gasteiger partial charge on any atom is 0.303 e. The molecule has 0 spiro atoms. The Hall–Kier alpha value is -2.93. The van der Waals surface area contributed by atoms with Crippen LogP contribution in [0.15, 0.2) is 73.1 Å². The van der Waals surface area contributed by atoms with Crippen molar-refractivity contribution in [3.05, 3.63) is 94.2 Å². The number of carbonyl (C=O) groups is 1. The topological polar surface area (TPSA) is 65.5 Å². The molecule has 0 radical (unpaired) electrons. The highest BCUT2D eigenvalue weighted by Gasteiger charge is 2.11. The van der Waals surface area contributed by atoms with Crippen LogP contribution in [-0.4, -0.2) is 28.2 Å². The van der Waals surface area contributed by atoms with Crippen molar-refractivity contribution in [2.75, 3.05) is 17.3 Å². The minimum absolute atomic E-state index is 0.142. The lowest BCUT2D eigenvalue weighted by Gasteiger charge is -2.22. The van der Waals surface area contributed by atoms with Crippen molar-refractivity contribution in [1.82, 2.24) is 4.98 Å². The number of benzene rings is 2. The minimum atomic E-state index is -0.789. The first kappa shape index (κ1) is 24.7. The van der Waals surface area contributed by atoms with Gasteiger partial charge < -0.3 is 15.3 Å². The molecule has 3 aromatic rings. The zero-order chi connectivity index (χ0) is 23.8. The molecule has 0 aliphatic rings. The van der Waals surface area contributed by atoms with Gasteiger partial charge in [0.1, 0.15) is 0 Å². The lowest BCUT2D eigenvalue weighted by atomic mass is 9.97. The number of nitrogens with one attached hydrogen (secondary N) is 1. The van der Waals surface area contributed by atoms with Crippen LogP contribution >= 0.6 is 35.4 Å². The van der Waals surface area contributed by atoms with Crippen LogP contribution in [0.2, 0.25) is 10.0 Å². The first-order valence-corrected chi connectivity index (χ1v) is 11.4. The molecule has 5 nitrogen and oxygen atoms in total. The van der Waals surface area contributed by atoms with Gasteiger partial charge in [-0.1, -0.05) is 47.5 Å². The molecule has 0 aliphatic carbocycles. The molecule has 1 heterocycles. The number of aromatic nitrogens is 1. The quantitative estimate of drug-likeness (QED) is 0.259. The Labute approximate surface area is 208 Å². The first-order chi connectivity index (χ1) is 15.8. The molecule has 3 rings (SSSR count). The van der Waals surface area contributed by atoms with E-state index in [1.54, 1.807) is 30.6 Å². The van der Waals surface area contributed by atoms with E-state index >= 15 is 0 Å². The van der Waals surface area contributed by atoms with E-state index in [0.29, 0.717) is 33.7 Å². The molecule has 0 saturated heterocycles. The van der Waals surface area contributed by atoms with Gasteiger partial charge in [-0.15, -0.1) is 0 Å². The summed E-state index contributed by atoms with van der Waals surface area (Å²) in [5.74, 6) is -0.789. The van der Waals surface area contributed by atoms with Crippen molar-refractivity contribution >= 4 is 63.4 Å². The number of allylic oxidation sites excluding steroid dienone is 1. The Morgan fingerprint density at radius 1 is 1.15 bits per heavy atom. The molecule has 0 bridgehead atoms. The molecule has 0 fully saturated rings. The Morgan fingerprint density at radius 3 is 2.55 bits per heavy atom. The number of aliphatic carboxylic acids is 1. The van der Waals surface area contributed by atoms with Gasteiger partial charge in [0.15, 0.2) is 5.11 Å². The Kier molecular flexibility index (Phi) is 8.83. The fourth-order valence-electron chi connectivity index (χ4n) is 3.20. The van der Waals surface area contributed by atoms with Gasteiger partial charge in [0.25, 0.3) is 0 Å². The number of carboxylic acids is 1. The first-order valence-electron chi connectivity index (χ1n) is 10.3. The largest absolute Gasteiger partial charge is 0.481 e. The van der Waals surface area contributed by atoms with Crippen LogP contribution < -0.4 is 10.2 Å². The molecule has 170 valence electrons. The van der Waals surface area contributed by atoms with Gasteiger partial charge in [-0.2, -0.15) is 0 Å². The van der Waals surface area contributed by atoms with Crippen molar-refractivity contribution in [3.8, 4) is 0 Å². The second-order valence-electron chi connectivity index (χ2n) is 7.31. The number of hydrogen-bond donors (Lipinski definition) is 2. The zero-order valence-electron chi connectivity index (χ0n) is 18.0. The zero-order valence-corrected chi connectivity index (χ0v) is 20.3. The highest BCUT2D eigenvalue weighted by atomic mass is 35.5. The molecule has 0 atom stereocenters. The van der Waals surface area contributed by atoms with Crippen LogP contribution in [0.5, 0.6) is 0 Å². The summed E-state index contributed by atoms with van der Waals surface area (Å²) in [6.45, 7) is 0. The molecule has 33 heavy (non-hydrogen) atoms. The molecule has 1 aromatic heterocycles. The Bertz CT molecular complexity index is 1150. The van der Waals surface area contributed by atoms with Gasteiger partial charge in [0.05, 0.1) is 10.7 Å². The summed E-state index contributed by atoms with van der Waals surface area (Å²) in [5.41, 5.74) is 4.57. The van der Waals surface area contributed by atoms with E-state index in [0.717, 1.165) is 22.4 Å². The number of halogens is 2. The number of anilines is 2. The number of rotatable bonds is 8. The van der Waals surface area contributed by atoms with Crippen molar-refractivity contribution in [2.24, 2.45) is 0 Å². The van der Waals surface area contributed by atoms with E-state index in [-0.39, 0.29) is 6.42 Å². The third kappa shape index (κ3) is 7.02. The van der Waals surface area contributed by atoms with Gasteiger partial charge in [-0.3, -0.25) is 9.78 Å². The third-order valence-electron chi connectivity index (χ3n) is 4.96. The number of nitrogens with zero attached hydrogens (tertiary/aromatic N) is 2. The molecule has 0 unspecified atom stereocenters. The highest BCUT2D eigenvalue weighted by molar-refractivity contribution is 7.80. The van der Waals surface area contributed by atoms with Gasteiger partial charge in [-0.05, 0) is 72.6 Å². The van der Waals surface area contributed by atoms with Gasteiger partial charge >= 0.3 is 5.97 Å². The summed E-state index contributed by atoms with van der Waals surface area (Å²) in [6, 6.07) is 17.0. The molecule has 0 aliphatic heterocycles. The fraction of sp³-hybridized carbons (Fsp3) is 0.160. The van der Waals surface area contributed by atoms with Crippen LogP contribution in [0.1, 0.15) is 30.4 Å². The molecular weight excluding hydrogens is 477 g/mol. The molecule has 0 saturated carbocycles. The van der Waals surface area contributed by atoms with Crippen molar-refractivity contribution < 1.29 is 9.90 Å². The second kappa shape index (κ2) is 11.8. The summed E-state index contributed by atoms with van der Waals surface area (Å²) in [5, 5.41) is 13.6.